The highest BCUT2D eigenvalue weighted by atomic mass is 16.5. The van der Waals surface area contributed by atoms with E-state index in [9.17, 15) is 19.5 Å². The maximum absolute atomic E-state index is 13.2. The van der Waals surface area contributed by atoms with Crippen molar-refractivity contribution < 1.29 is 29.0 Å². The summed E-state index contributed by atoms with van der Waals surface area (Å²) in [5.41, 5.74) is -0.0386. The van der Waals surface area contributed by atoms with Crippen LogP contribution < -0.4 is 0 Å². The number of carbonyl (C=O) groups is 3. The maximum Gasteiger partial charge on any atom is 0.335 e. The zero-order chi connectivity index (χ0) is 28.0. The number of aliphatic hydroxyl groups excluding tert-OH is 1. The van der Waals surface area contributed by atoms with Crippen molar-refractivity contribution in [2.45, 2.75) is 92.3 Å². The molecule has 6 nitrogen and oxygen atoms in total. The Hall–Kier alpha value is -2.21. The van der Waals surface area contributed by atoms with Gasteiger partial charge >= 0.3 is 11.9 Å². The smallest absolute Gasteiger partial charge is 0.335 e. The summed E-state index contributed by atoms with van der Waals surface area (Å²) < 4.78 is 11.5. The molecular weight excluding hydrogens is 480 g/mol. The van der Waals surface area contributed by atoms with Crippen LogP contribution in [0.4, 0.5) is 0 Å². The summed E-state index contributed by atoms with van der Waals surface area (Å²) in [5.74, 6) is -0.488. The van der Waals surface area contributed by atoms with Crippen LogP contribution >= 0.6 is 0 Å². The average Bonchev–Trinajstić information content (AvgIpc) is 3.48. The van der Waals surface area contributed by atoms with Crippen LogP contribution in [0.15, 0.2) is 36.6 Å². The van der Waals surface area contributed by atoms with Gasteiger partial charge in [0.05, 0.1) is 0 Å². The van der Waals surface area contributed by atoms with Gasteiger partial charge in [-0.1, -0.05) is 53.9 Å². The van der Waals surface area contributed by atoms with Gasteiger partial charge in [0.25, 0.3) is 0 Å². The molecule has 0 amide bonds. The number of esters is 2. The van der Waals surface area contributed by atoms with Crippen LogP contribution in [-0.2, 0) is 23.9 Å². The Labute approximate surface area is 226 Å². The number of ketones is 1. The van der Waals surface area contributed by atoms with E-state index in [0.29, 0.717) is 23.7 Å². The third-order valence-corrected chi connectivity index (χ3v) is 12.2. The number of cyclic esters (lactones) is 1. The molecule has 5 aliphatic rings. The second-order valence-electron chi connectivity index (χ2n) is 13.8. The van der Waals surface area contributed by atoms with Crippen molar-refractivity contribution in [3.8, 4) is 0 Å². The van der Waals surface area contributed by atoms with Gasteiger partial charge in [-0.05, 0) is 78.1 Å². The van der Waals surface area contributed by atoms with Crippen LogP contribution in [0, 0.1) is 51.2 Å². The quantitative estimate of drug-likeness (QED) is 0.362. The molecule has 5 rings (SSSR count). The third kappa shape index (κ3) is 3.44. The Morgan fingerprint density at radius 2 is 1.84 bits per heavy atom. The molecule has 0 aromatic heterocycles. The fourth-order valence-corrected chi connectivity index (χ4v) is 10.1. The zero-order valence-corrected chi connectivity index (χ0v) is 23.8. The number of fused-ring (bicyclic) bond motifs is 2. The Morgan fingerprint density at radius 3 is 2.47 bits per heavy atom. The lowest BCUT2D eigenvalue weighted by atomic mass is 9.44. The fourth-order valence-electron chi connectivity index (χ4n) is 10.1. The van der Waals surface area contributed by atoms with Crippen molar-refractivity contribution in [2.75, 3.05) is 0 Å². The van der Waals surface area contributed by atoms with E-state index in [1.165, 1.54) is 6.92 Å². The molecule has 4 aliphatic carbocycles. The minimum absolute atomic E-state index is 0.0490. The first kappa shape index (κ1) is 27.4. The topological polar surface area (TPSA) is 89.9 Å². The molecule has 0 bridgehead atoms. The molecule has 1 heterocycles. The first-order chi connectivity index (χ1) is 17.6. The molecule has 1 N–H and O–H groups in total. The summed E-state index contributed by atoms with van der Waals surface area (Å²) in [6, 6.07) is 0. The molecule has 2 spiro atoms. The molecule has 0 radical (unpaired) electrons. The van der Waals surface area contributed by atoms with Gasteiger partial charge in [-0.3, -0.25) is 9.59 Å². The molecule has 1 aliphatic heterocycles. The number of allylic oxidation sites excluding steroid dienone is 2. The maximum atomic E-state index is 13.2. The summed E-state index contributed by atoms with van der Waals surface area (Å²) >= 11 is 0. The van der Waals surface area contributed by atoms with Crippen LogP contribution in [-0.4, -0.2) is 35.0 Å². The summed E-state index contributed by atoms with van der Waals surface area (Å²) in [4.78, 5) is 37.7. The van der Waals surface area contributed by atoms with Gasteiger partial charge in [0, 0.05) is 30.3 Å². The van der Waals surface area contributed by atoms with E-state index in [1.807, 2.05) is 20.8 Å². The van der Waals surface area contributed by atoms with Crippen molar-refractivity contribution in [3.05, 3.63) is 36.6 Å². The average molecular weight is 525 g/mol. The van der Waals surface area contributed by atoms with Crippen molar-refractivity contribution in [3.63, 3.8) is 0 Å². The number of rotatable bonds is 6. The first-order valence-corrected chi connectivity index (χ1v) is 14.3. The van der Waals surface area contributed by atoms with Crippen molar-refractivity contribution in [1.29, 1.82) is 0 Å². The van der Waals surface area contributed by atoms with E-state index < -0.39 is 12.0 Å². The monoisotopic (exact) mass is 524 g/mol. The molecule has 4 saturated carbocycles. The summed E-state index contributed by atoms with van der Waals surface area (Å²) in [7, 11) is 0. The minimum Gasteiger partial charge on any atom is -0.462 e. The normalized spacial score (nSPS) is 44.5. The number of ether oxygens (including phenoxy) is 2. The van der Waals surface area contributed by atoms with Crippen LogP contribution in [0.3, 0.4) is 0 Å². The van der Waals surface area contributed by atoms with Crippen molar-refractivity contribution in [1.82, 2.24) is 0 Å². The highest BCUT2D eigenvalue weighted by Gasteiger charge is 2.81. The molecular formula is C32H44O6. The van der Waals surface area contributed by atoms with E-state index >= 15 is 0 Å². The van der Waals surface area contributed by atoms with Gasteiger partial charge in [0.2, 0.25) is 0 Å². The minimum atomic E-state index is -1.19. The predicted octanol–water partition coefficient (Wildman–Crippen LogP) is 5.55. The number of Topliss-reactive ketones (excluding diaryl/α,β-unsaturated/α-hetero) is 1. The van der Waals surface area contributed by atoms with Crippen LogP contribution in [0.1, 0.15) is 80.1 Å². The van der Waals surface area contributed by atoms with Gasteiger partial charge in [-0.25, -0.2) is 4.79 Å². The zero-order valence-electron chi connectivity index (χ0n) is 23.8. The van der Waals surface area contributed by atoms with Crippen molar-refractivity contribution in [2.24, 2.45) is 51.2 Å². The first-order valence-electron chi connectivity index (χ1n) is 14.3. The Morgan fingerprint density at radius 1 is 1.16 bits per heavy atom. The van der Waals surface area contributed by atoms with Crippen LogP contribution in [0.2, 0.25) is 0 Å². The molecule has 0 saturated heterocycles. The van der Waals surface area contributed by atoms with E-state index in [0.717, 1.165) is 32.1 Å². The fraction of sp³-hybridized carbons (Fsp3) is 0.719. The Bertz CT molecular complexity index is 1130. The summed E-state index contributed by atoms with van der Waals surface area (Å²) in [6.07, 6.45) is 7.66. The second kappa shape index (κ2) is 8.64. The molecule has 0 aromatic carbocycles. The molecule has 6 heteroatoms. The highest BCUT2D eigenvalue weighted by Crippen LogP contribution is 2.87. The second-order valence-corrected chi connectivity index (χ2v) is 13.8. The molecule has 38 heavy (non-hydrogen) atoms. The van der Waals surface area contributed by atoms with Gasteiger partial charge in [0.1, 0.15) is 18.0 Å². The predicted molar refractivity (Wildman–Crippen MR) is 143 cm³/mol. The van der Waals surface area contributed by atoms with E-state index in [-0.39, 0.29) is 63.2 Å². The lowest BCUT2D eigenvalue weighted by Crippen LogP contribution is -2.55. The van der Waals surface area contributed by atoms with Crippen molar-refractivity contribution >= 4 is 17.7 Å². The summed E-state index contributed by atoms with van der Waals surface area (Å²) in [6.45, 7) is 19.9. The van der Waals surface area contributed by atoms with E-state index in [4.69, 9.17) is 9.47 Å². The van der Waals surface area contributed by atoms with Gasteiger partial charge < -0.3 is 14.6 Å². The van der Waals surface area contributed by atoms with E-state index in [1.54, 1.807) is 6.08 Å². The SMILES string of the molecule is C=C(C(=O)[C@H](O)[C@@H](C)[C@H]1[C@@H](OC(C)=O)C[C@@]2(C)[C@@H]3CC[C@H]4C(=C)OC(=O)C=C[C@@]45C[C@@]35CC[C@]12C)C(C)C. The molecule has 4 fully saturated rings. The summed E-state index contributed by atoms with van der Waals surface area (Å²) in [5, 5.41) is 11.3. The molecule has 0 unspecified atom stereocenters. The highest BCUT2D eigenvalue weighted by molar-refractivity contribution is 5.98. The largest absolute Gasteiger partial charge is 0.462 e. The third-order valence-electron chi connectivity index (χ3n) is 12.2. The number of hydrogen-bond donors (Lipinski definition) is 1. The van der Waals surface area contributed by atoms with E-state index in [2.05, 4.69) is 33.1 Å². The molecule has 0 aromatic rings. The van der Waals surface area contributed by atoms with Crippen LogP contribution in [0.25, 0.3) is 0 Å². The molecule has 208 valence electrons. The Kier molecular flexibility index (Phi) is 6.22. The van der Waals surface area contributed by atoms with Crippen LogP contribution in [0.5, 0.6) is 0 Å². The standard InChI is InChI=1S/C32H44O6/c1-17(2)18(3)27(35)28(36)19(4)26-23(38-21(6)33)15-30(8)24-10-9-22-20(5)37-25(34)11-12-31(22)16-32(24,31)14-13-29(26,30)7/h11-12,17,19,22-24,26,28,36H,3,5,9-10,13-16H2,1-2,4,6-8H3/t19-,22-,23-,24-,26-,28+,29+,30-,31+,32-/m0/s1. The molecule has 10 atom stereocenters. The Balaban J connectivity index is 1.53. The van der Waals surface area contributed by atoms with Gasteiger partial charge in [-0.2, -0.15) is 0 Å². The lowest BCUT2D eigenvalue weighted by Gasteiger charge is -2.60. The van der Waals surface area contributed by atoms with Gasteiger partial charge in [0.15, 0.2) is 5.78 Å². The number of aliphatic hydroxyl groups is 1. The lowest BCUT2D eigenvalue weighted by molar-refractivity contribution is -0.154. The number of hydrogen-bond acceptors (Lipinski definition) is 6. The van der Waals surface area contributed by atoms with Gasteiger partial charge in [-0.15, -0.1) is 0 Å². The number of carbonyl (C=O) groups excluding carboxylic acids is 3.